The monoisotopic (exact) mass is 377 g/mol. The minimum Gasteiger partial charge on any atom is -0.442 e. The van der Waals surface area contributed by atoms with Crippen molar-refractivity contribution in [2.75, 3.05) is 16.8 Å². The third-order valence-electron chi connectivity index (χ3n) is 4.21. The van der Waals surface area contributed by atoms with Crippen LogP contribution in [-0.2, 0) is 11.3 Å². The van der Waals surface area contributed by atoms with Crippen molar-refractivity contribution in [1.29, 1.82) is 0 Å². The second-order valence-electron chi connectivity index (χ2n) is 6.36. The second kappa shape index (κ2) is 8.15. The molecule has 0 radical (unpaired) electrons. The normalized spacial score (nSPS) is 16.5. The predicted molar refractivity (Wildman–Crippen MR) is 96.3 cm³/mol. The van der Waals surface area contributed by atoms with E-state index < -0.39 is 23.8 Å². The smallest absolute Gasteiger partial charge is 0.414 e. The van der Waals surface area contributed by atoms with Crippen molar-refractivity contribution in [1.82, 2.24) is 15.0 Å². The lowest BCUT2D eigenvalue weighted by Gasteiger charge is -2.16. The van der Waals surface area contributed by atoms with Gasteiger partial charge in [-0.2, -0.15) is 0 Å². The van der Waals surface area contributed by atoms with Gasteiger partial charge in [0.25, 0.3) is 0 Å². The molecule has 1 aromatic heterocycles. The first kappa shape index (κ1) is 18.8. The van der Waals surface area contributed by atoms with Gasteiger partial charge in [-0.05, 0) is 12.8 Å². The van der Waals surface area contributed by atoms with E-state index >= 15 is 0 Å². The standard InChI is InChI=1S/C18H21F2N5O2/c1-3-4-5-12(2)22-17-15(19)8-13(9-16(17)20)25-11-14(27-18(25)26)10-24-7-6-21-23-24/h6-9,14,22H,2-5,10-11H2,1H3/t14-/m0/s1. The van der Waals surface area contributed by atoms with Gasteiger partial charge in [0, 0.05) is 24.0 Å². The number of carbonyl (C=O) groups excluding carboxylic acids is 1. The number of nitrogens with zero attached hydrogens (tertiary/aromatic N) is 4. The Morgan fingerprint density at radius 1 is 1.41 bits per heavy atom. The number of benzene rings is 1. The van der Waals surface area contributed by atoms with Crippen molar-refractivity contribution in [3.63, 3.8) is 0 Å². The molecule has 0 unspecified atom stereocenters. The third-order valence-corrected chi connectivity index (χ3v) is 4.21. The Morgan fingerprint density at radius 2 is 2.15 bits per heavy atom. The number of allylic oxidation sites excluding steroid dienone is 1. The van der Waals surface area contributed by atoms with Gasteiger partial charge < -0.3 is 10.1 Å². The Labute approximate surface area is 155 Å². The molecule has 1 amide bonds. The first-order valence-electron chi connectivity index (χ1n) is 8.74. The molecule has 3 rings (SSSR count). The van der Waals surface area contributed by atoms with Crippen molar-refractivity contribution >= 4 is 17.5 Å². The number of hydrogen-bond donors (Lipinski definition) is 1. The summed E-state index contributed by atoms with van der Waals surface area (Å²) in [4.78, 5) is 13.3. The highest BCUT2D eigenvalue weighted by Crippen LogP contribution is 2.30. The van der Waals surface area contributed by atoms with Crippen molar-refractivity contribution in [3.05, 3.63) is 48.4 Å². The third kappa shape index (κ3) is 4.42. The number of carbonyl (C=O) groups is 1. The lowest BCUT2D eigenvalue weighted by Crippen LogP contribution is -2.26. The molecule has 1 atom stereocenters. The zero-order chi connectivity index (χ0) is 19.4. The Hall–Kier alpha value is -2.97. The zero-order valence-corrected chi connectivity index (χ0v) is 15.0. The summed E-state index contributed by atoms with van der Waals surface area (Å²) in [6.07, 6.45) is 4.46. The maximum absolute atomic E-state index is 14.4. The van der Waals surface area contributed by atoms with Crippen LogP contribution in [0.25, 0.3) is 0 Å². The molecule has 1 aliphatic heterocycles. The SMILES string of the molecule is C=C(CCCC)Nc1c(F)cc(N2C[C@H](Cn3ccnn3)OC2=O)cc1F. The molecule has 0 spiro atoms. The summed E-state index contributed by atoms with van der Waals surface area (Å²) in [5.74, 6) is -1.59. The zero-order valence-electron chi connectivity index (χ0n) is 15.0. The molecule has 0 saturated carbocycles. The fourth-order valence-electron chi connectivity index (χ4n) is 2.83. The number of hydrogen-bond acceptors (Lipinski definition) is 5. The summed E-state index contributed by atoms with van der Waals surface area (Å²) in [7, 11) is 0. The van der Waals surface area contributed by atoms with Gasteiger partial charge in [-0.1, -0.05) is 25.1 Å². The van der Waals surface area contributed by atoms with Crippen molar-refractivity contribution in [2.24, 2.45) is 0 Å². The van der Waals surface area contributed by atoms with Crippen LogP contribution in [0.1, 0.15) is 26.2 Å². The first-order chi connectivity index (χ1) is 13.0. The first-order valence-corrected chi connectivity index (χ1v) is 8.74. The van der Waals surface area contributed by atoms with Crippen LogP contribution < -0.4 is 10.2 Å². The maximum atomic E-state index is 14.4. The molecule has 1 N–H and O–H groups in total. The molecular weight excluding hydrogens is 356 g/mol. The Morgan fingerprint density at radius 3 is 2.78 bits per heavy atom. The molecule has 27 heavy (non-hydrogen) atoms. The fourth-order valence-corrected chi connectivity index (χ4v) is 2.83. The topological polar surface area (TPSA) is 72.3 Å². The van der Waals surface area contributed by atoms with Gasteiger partial charge in [0.15, 0.2) is 11.6 Å². The fraction of sp³-hybridized carbons (Fsp3) is 0.389. The van der Waals surface area contributed by atoms with E-state index in [4.69, 9.17) is 4.74 Å². The minimum absolute atomic E-state index is 0.0980. The van der Waals surface area contributed by atoms with Gasteiger partial charge >= 0.3 is 6.09 Å². The number of aromatic nitrogens is 3. The summed E-state index contributed by atoms with van der Waals surface area (Å²) >= 11 is 0. The second-order valence-corrected chi connectivity index (χ2v) is 6.36. The highest BCUT2D eigenvalue weighted by Gasteiger charge is 2.33. The molecule has 2 aromatic rings. The number of anilines is 2. The Balaban J connectivity index is 1.71. The van der Waals surface area contributed by atoms with Gasteiger partial charge in [0.05, 0.1) is 25.0 Å². The van der Waals surface area contributed by atoms with Crippen molar-refractivity contribution in [2.45, 2.75) is 38.8 Å². The van der Waals surface area contributed by atoms with E-state index in [0.717, 1.165) is 25.0 Å². The average molecular weight is 377 g/mol. The van der Waals surface area contributed by atoms with Gasteiger partial charge in [0.2, 0.25) is 0 Å². The summed E-state index contributed by atoms with van der Waals surface area (Å²) in [6, 6.07) is 2.22. The van der Waals surface area contributed by atoms with Crippen LogP contribution >= 0.6 is 0 Å². The average Bonchev–Trinajstić information content (AvgIpc) is 3.26. The molecule has 144 valence electrons. The number of nitrogens with one attached hydrogen (secondary N) is 1. The lowest BCUT2D eigenvalue weighted by molar-refractivity contribution is 0.129. The van der Waals surface area contributed by atoms with E-state index in [0.29, 0.717) is 18.7 Å². The highest BCUT2D eigenvalue weighted by atomic mass is 19.1. The molecular formula is C18H21F2N5O2. The number of amides is 1. The lowest BCUT2D eigenvalue weighted by atomic mass is 10.2. The molecule has 1 aromatic carbocycles. The maximum Gasteiger partial charge on any atom is 0.414 e. The van der Waals surface area contributed by atoms with Crippen molar-refractivity contribution in [3.8, 4) is 0 Å². The van der Waals surface area contributed by atoms with Crippen LogP contribution in [0.5, 0.6) is 0 Å². The van der Waals surface area contributed by atoms with Crippen LogP contribution in [0, 0.1) is 11.6 Å². The molecule has 1 saturated heterocycles. The van der Waals surface area contributed by atoms with Crippen LogP contribution in [-0.4, -0.2) is 33.7 Å². The molecule has 2 heterocycles. The molecule has 0 bridgehead atoms. The van der Waals surface area contributed by atoms with E-state index in [9.17, 15) is 13.6 Å². The van der Waals surface area contributed by atoms with E-state index in [-0.39, 0.29) is 17.9 Å². The number of halogens is 2. The van der Waals surface area contributed by atoms with Gasteiger partial charge in [0.1, 0.15) is 11.8 Å². The summed E-state index contributed by atoms with van der Waals surface area (Å²) in [6.45, 7) is 6.28. The summed E-state index contributed by atoms with van der Waals surface area (Å²) in [5.41, 5.74) is 0.364. The number of rotatable bonds is 8. The van der Waals surface area contributed by atoms with Gasteiger partial charge in [-0.25, -0.2) is 18.3 Å². The van der Waals surface area contributed by atoms with E-state index in [1.165, 1.54) is 15.8 Å². The number of ether oxygens (including phenoxy) is 1. The Bertz CT molecular complexity index is 802. The molecule has 1 fully saturated rings. The minimum atomic E-state index is -0.796. The van der Waals surface area contributed by atoms with E-state index in [1.54, 1.807) is 6.20 Å². The quantitative estimate of drug-likeness (QED) is 0.759. The van der Waals surface area contributed by atoms with Crippen LogP contribution in [0.4, 0.5) is 25.0 Å². The molecule has 0 aliphatic carbocycles. The van der Waals surface area contributed by atoms with E-state index in [1.807, 2.05) is 6.92 Å². The van der Waals surface area contributed by atoms with E-state index in [2.05, 4.69) is 22.2 Å². The predicted octanol–water partition coefficient (Wildman–Crippen LogP) is 3.70. The highest BCUT2D eigenvalue weighted by molar-refractivity contribution is 5.90. The summed E-state index contributed by atoms with van der Waals surface area (Å²) < 4.78 is 35.6. The largest absolute Gasteiger partial charge is 0.442 e. The van der Waals surface area contributed by atoms with Crippen LogP contribution in [0.2, 0.25) is 0 Å². The molecule has 1 aliphatic rings. The Kier molecular flexibility index (Phi) is 5.68. The van der Waals surface area contributed by atoms with Gasteiger partial charge in [-0.3, -0.25) is 4.90 Å². The summed E-state index contributed by atoms with van der Waals surface area (Å²) in [5, 5.41) is 10.2. The molecule has 7 nitrogen and oxygen atoms in total. The number of unbranched alkanes of at least 4 members (excludes halogenated alkanes) is 1. The number of cyclic esters (lactones) is 1. The van der Waals surface area contributed by atoms with Crippen LogP contribution in [0.3, 0.4) is 0 Å². The van der Waals surface area contributed by atoms with Crippen LogP contribution in [0.15, 0.2) is 36.8 Å². The molecule has 9 heteroatoms. The van der Waals surface area contributed by atoms with Gasteiger partial charge in [-0.15, -0.1) is 5.10 Å². The van der Waals surface area contributed by atoms with Crippen molar-refractivity contribution < 1.29 is 18.3 Å².